The lowest BCUT2D eigenvalue weighted by atomic mass is 10.1. The van der Waals surface area contributed by atoms with Gasteiger partial charge in [0, 0.05) is 38.6 Å². The van der Waals surface area contributed by atoms with Crippen LogP contribution in [0.5, 0.6) is 0 Å². The maximum absolute atomic E-state index is 13.7. The zero-order valence-corrected chi connectivity index (χ0v) is 13.1. The van der Waals surface area contributed by atoms with Gasteiger partial charge in [-0.1, -0.05) is 6.07 Å². The van der Waals surface area contributed by atoms with E-state index in [0.717, 1.165) is 19.5 Å². The normalized spacial score (nSPS) is 19.3. The molecule has 5 heteroatoms. The summed E-state index contributed by atoms with van der Waals surface area (Å²) in [6.45, 7) is 5.73. The van der Waals surface area contributed by atoms with Crippen LogP contribution in [-0.2, 0) is 11.3 Å². The number of rotatable bonds is 5. The Labute approximate surface area is 126 Å². The molecule has 1 saturated heterocycles. The lowest BCUT2D eigenvalue weighted by Gasteiger charge is -2.24. The van der Waals surface area contributed by atoms with Crippen molar-refractivity contribution in [2.45, 2.75) is 32.5 Å². The van der Waals surface area contributed by atoms with Crippen LogP contribution in [0.25, 0.3) is 0 Å². The molecule has 1 aliphatic heterocycles. The maximum atomic E-state index is 13.7. The Bertz CT molecular complexity index is 472. The number of alkyl halides is 1. The van der Waals surface area contributed by atoms with Gasteiger partial charge in [-0.15, -0.1) is 0 Å². The highest BCUT2D eigenvalue weighted by Crippen LogP contribution is 2.22. The van der Waals surface area contributed by atoms with Crippen LogP contribution < -0.4 is 0 Å². The number of pyridine rings is 1. The van der Waals surface area contributed by atoms with Crippen molar-refractivity contribution in [3.05, 3.63) is 30.1 Å². The first-order valence-corrected chi connectivity index (χ1v) is 7.42. The summed E-state index contributed by atoms with van der Waals surface area (Å²) in [5.41, 5.74) is -0.591. The summed E-state index contributed by atoms with van der Waals surface area (Å²) in [5.74, 6) is 0.0258. The summed E-state index contributed by atoms with van der Waals surface area (Å²) in [7, 11) is 2.07. The van der Waals surface area contributed by atoms with Crippen LogP contribution in [0.3, 0.4) is 0 Å². The van der Waals surface area contributed by atoms with Gasteiger partial charge in [0.25, 0.3) is 5.91 Å². The second kappa shape index (κ2) is 6.52. The van der Waals surface area contributed by atoms with E-state index in [1.165, 1.54) is 19.4 Å². The van der Waals surface area contributed by atoms with Crippen LogP contribution in [0.1, 0.15) is 25.8 Å². The van der Waals surface area contributed by atoms with Crippen LogP contribution in [0.4, 0.5) is 4.39 Å². The fraction of sp³-hybridized carbons (Fsp3) is 0.625. The fourth-order valence-corrected chi connectivity index (χ4v) is 2.85. The molecule has 0 spiro atoms. The predicted molar refractivity (Wildman–Crippen MR) is 80.4 cm³/mol. The number of aromatic nitrogens is 1. The molecule has 0 saturated carbocycles. The minimum absolute atomic E-state index is 0.389. The van der Waals surface area contributed by atoms with Gasteiger partial charge in [-0.25, -0.2) is 4.39 Å². The van der Waals surface area contributed by atoms with E-state index in [2.05, 4.69) is 23.0 Å². The molecule has 0 bridgehead atoms. The van der Waals surface area contributed by atoms with Gasteiger partial charge in [0.05, 0.1) is 0 Å². The molecule has 4 nitrogen and oxygen atoms in total. The average Bonchev–Trinajstić information content (AvgIpc) is 2.86. The van der Waals surface area contributed by atoms with E-state index in [4.69, 9.17) is 0 Å². The first-order valence-electron chi connectivity index (χ1n) is 7.42. The SMILES string of the molecule is CN(Cc1cccnc1)C[C@@H]1CCN(C(=O)C(C)(C)F)C1. The van der Waals surface area contributed by atoms with E-state index in [0.29, 0.717) is 19.0 Å². The van der Waals surface area contributed by atoms with Gasteiger partial charge in [-0.2, -0.15) is 0 Å². The molecule has 116 valence electrons. The third-order valence-corrected chi connectivity index (χ3v) is 3.83. The highest BCUT2D eigenvalue weighted by molar-refractivity contribution is 5.84. The van der Waals surface area contributed by atoms with E-state index in [-0.39, 0.29) is 5.91 Å². The zero-order valence-electron chi connectivity index (χ0n) is 13.1. The van der Waals surface area contributed by atoms with Crippen LogP contribution >= 0.6 is 0 Å². The second-order valence-electron chi connectivity index (χ2n) is 6.44. The fourth-order valence-electron chi connectivity index (χ4n) is 2.85. The third kappa shape index (κ3) is 4.49. The summed E-state index contributed by atoms with van der Waals surface area (Å²) in [6.07, 6.45) is 4.58. The monoisotopic (exact) mass is 293 g/mol. The number of hydrogen-bond donors (Lipinski definition) is 0. The number of halogens is 1. The molecule has 0 N–H and O–H groups in total. The van der Waals surface area contributed by atoms with Crippen LogP contribution in [-0.4, -0.2) is 53.0 Å². The minimum atomic E-state index is -1.77. The van der Waals surface area contributed by atoms with E-state index in [1.54, 1.807) is 11.1 Å². The molecule has 2 heterocycles. The summed E-state index contributed by atoms with van der Waals surface area (Å²) in [5, 5.41) is 0. The molecule has 1 atom stereocenters. The van der Waals surface area contributed by atoms with Gasteiger partial charge in [0.1, 0.15) is 0 Å². The first kappa shape index (κ1) is 15.9. The lowest BCUT2D eigenvalue weighted by molar-refractivity contribution is -0.140. The number of carbonyl (C=O) groups is 1. The summed E-state index contributed by atoms with van der Waals surface area (Å²) < 4.78 is 13.7. The van der Waals surface area contributed by atoms with Crippen molar-refractivity contribution in [3.8, 4) is 0 Å². The maximum Gasteiger partial charge on any atom is 0.259 e. The van der Waals surface area contributed by atoms with E-state index < -0.39 is 5.67 Å². The Morgan fingerprint density at radius 2 is 2.33 bits per heavy atom. The number of nitrogens with zero attached hydrogens (tertiary/aromatic N) is 3. The van der Waals surface area contributed by atoms with E-state index >= 15 is 0 Å². The van der Waals surface area contributed by atoms with Gasteiger partial charge in [0.2, 0.25) is 0 Å². The first-order chi connectivity index (χ1) is 9.86. The molecule has 0 radical (unpaired) electrons. The molecule has 1 amide bonds. The van der Waals surface area contributed by atoms with Crippen LogP contribution in [0.2, 0.25) is 0 Å². The van der Waals surface area contributed by atoms with Crippen molar-refractivity contribution >= 4 is 5.91 Å². The molecule has 1 aromatic heterocycles. The predicted octanol–water partition coefficient (Wildman–Crippen LogP) is 2.11. The number of carbonyl (C=O) groups excluding carboxylic acids is 1. The Hall–Kier alpha value is -1.49. The zero-order chi connectivity index (χ0) is 15.5. The van der Waals surface area contributed by atoms with Gasteiger partial charge in [0.15, 0.2) is 5.67 Å². The van der Waals surface area contributed by atoms with Crippen molar-refractivity contribution < 1.29 is 9.18 Å². The van der Waals surface area contributed by atoms with E-state index in [9.17, 15) is 9.18 Å². The van der Waals surface area contributed by atoms with Crippen molar-refractivity contribution in [3.63, 3.8) is 0 Å². The van der Waals surface area contributed by atoms with Crippen molar-refractivity contribution in [2.24, 2.45) is 5.92 Å². The molecular weight excluding hydrogens is 269 g/mol. The highest BCUT2D eigenvalue weighted by Gasteiger charge is 2.35. The highest BCUT2D eigenvalue weighted by atomic mass is 19.1. The molecule has 1 aromatic rings. The summed E-state index contributed by atoms with van der Waals surface area (Å²) in [4.78, 5) is 19.9. The Kier molecular flexibility index (Phi) is 4.93. The van der Waals surface area contributed by atoms with Crippen LogP contribution in [0.15, 0.2) is 24.5 Å². The number of likely N-dealkylation sites (tertiary alicyclic amines) is 1. The molecular formula is C16H24FN3O. The molecule has 1 fully saturated rings. The van der Waals surface area contributed by atoms with Crippen molar-refractivity contribution in [1.82, 2.24) is 14.8 Å². The summed E-state index contributed by atoms with van der Waals surface area (Å²) >= 11 is 0. The Morgan fingerprint density at radius 3 is 2.95 bits per heavy atom. The molecule has 2 rings (SSSR count). The Morgan fingerprint density at radius 1 is 1.57 bits per heavy atom. The standard InChI is InChI=1S/C16H24FN3O/c1-16(2,17)15(21)20-8-6-14(12-20)11-19(3)10-13-5-4-7-18-9-13/h4-5,7,9,14H,6,8,10-12H2,1-3H3/t14-/m0/s1. The minimum Gasteiger partial charge on any atom is -0.340 e. The number of hydrogen-bond acceptors (Lipinski definition) is 3. The largest absolute Gasteiger partial charge is 0.340 e. The van der Waals surface area contributed by atoms with Crippen molar-refractivity contribution in [1.29, 1.82) is 0 Å². The van der Waals surface area contributed by atoms with Crippen molar-refractivity contribution in [2.75, 3.05) is 26.7 Å². The van der Waals surface area contributed by atoms with E-state index in [1.807, 2.05) is 12.3 Å². The number of amides is 1. The Balaban J connectivity index is 1.81. The second-order valence-corrected chi connectivity index (χ2v) is 6.44. The lowest BCUT2D eigenvalue weighted by Crippen LogP contribution is -2.41. The molecule has 1 aliphatic rings. The van der Waals surface area contributed by atoms with Gasteiger partial charge in [-0.3, -0.25) is 9.78 Å². The van der Waals surface area contributed by atoms with Crippen LogP contribution in [0, 0.1) is 5.92 Å². The summed E-state index contributed by atoms with van der Waals surface area (Å²) in [6, 6.07) is 3.99. The average molecular weight is 293 g/mol. The van der Waals surface area contributed by atoms with Gasteiger partial charge in [-0.05, 0) is 44.9 Å². The third-order valence-electron chi connectivity index (χ3n) is 3.83. The smallest absolute Gasteiger partial charge is 0.259 e. The molecule has 0 aliphatic carbocycles. The molecule has 0 unspecified atom stereocenters. The molecule has 0 aromatic carbocycles. The topological polar surface area (TPSA) is 36.4 Å². The molecule has 21 heavy (non-hydrogen) atoms. The van der Waals surface area contributed by atoms with Gasteiger partial charge >= 0.3 is 0 Å². The van der Waals surface area contributed by atoms with Gasteiger partial charge < -0.3 is 9.80 Å². The quantitative estimate of drug-likeness (QED) is 0.834.